The maximum Gasteiger partial charge on any atom is 0.191 e. The summed E-state index contributed by atoms with van der Waals surface area (Å²) >= 11 is 0. The molecule has 0 radical (unpaired) electrons. The molecule has 0 aromatic heterocycles. The topological polar surface area (TPSA) is 45.7 Å². The van der Waals surface area contributed by atoms with Gasteiger partial charge in [-0.25, -0.2) is 4.99 Å². The molecule has 0 aliphatic heterocycles. The molecule has 0 saturated heterocycles. The monoisotopic (exact) mass is 275 g/mol. The molecule has 1 aliphatic carbocycles. The van der Waals surface area contributed by atoms with Crippen LogP contribution in [0, 0.1) is 6.92 Å². The molecule has 1 atom stereocenters. The van der Waals surface area contributed by atoms with Crippen LogP contribution in [0.15, 0.2) is 29.3 Å². The smallest absolute Gasteiger partial charge is 0.191 e. The summed E-state index contributed by atoms with van der Waals surface area (Å²) in [6.07, 6.45) is 2.56. The summed E-state index contributed by atoms with van der Waals surface area (Å²) in [6.45, 7) is 7.73. The standard InChI is InChI=1S/C16H25N3O/c1-4-17-16(19-14-7-8-14)18-11-13(3)20-15-9-5-12(2)6-10-15/h5-6,9-10,13-14H,4,7-8,11H2,1-3H3,(H2,17,18,19). The van der Waals surface area contributed by atoms with Crippen LogP contribution in [0.5, 0.6) is 5.75 Å². The van der Waals surface area contributed by atoms with Crippen molar-refractivity contribution in [3.05, 3.63) is 29.8 Å². The number of aryl methyl sites for hydroxylation is 1. The second-order valence-corrected chi connectivity index (χ2v) is 5.38. The highest BCUT2D eigenvalue weighted by Gasteiger charge is 2.22. The first kappa shape index (κ1) is 14.7. The van der Waals surface area contributed by atoms with Crippen molar-refractivity contribution < 1.29 is 4.74 Å². The normalized spacial score (nSPS) is 16.6. The van der Waals surface area contributed by atoms with Crippen LogP contribution in [0.25, 0.3) is 0 Å². The number of hydrogen-bond donors (Lipinski definition) is 2. The predicted molar refractivity (Wildman–Crippen MR) is 83.4 cm³/mol. The molecule has 1 aromatic carbocycles. The van der Waals surface area contributed by atoms with Crippen molar-refractivity contribution in [1.29, 1.82) is 0 Å². The molecule has 110 valence electrons. The Morgan fingerprint density at radius 1 is 1.35 bits per heavy atom. The second kappa shape index (κ2) is 7.17. The van der Waals surface area contributed by atoms with Crippen molar-refractivity contribution in [3.8, 4) is 5.75 Å². The second-order valence-electron chi connectivity index (χ2n) is 5.38. The summed E-state index contributed by atoms with van der Waals surface area (Å²) in [5.41, 5.74) is 1.24. The minimum absolute atomic E-state index is 0.0624. The van der Waals surface area contributed by atoms with E-state index in [9.17, 15) is 0 Å². The molecule has 4 heteroatoms. The van der Waals surface area contributed by atoms with E-state index in [1.54, 1.807) is 0 Å². The molecule has 4 nitrogen and oxygen atoms in total. The van der Waals surface area contributed by atoms with E-state index in [2.05, 4.69) is 41.6 Å². The Morgan fingerprint density at radius 2 is 2.05 bits per heavy atom. The third-order valence-corrected chi connectivity index (χ3v) is 3.13. The third kappa shape index (κ3) is 5.11. The lowest BCUT2D eigenvalue weighted by Gasteiger charge is -2.15. The fourth-order valence-electron chi connectivity index (χ4n) is 1.85. The van der Waals surface area contributed by atoms with Gasteiger partial charge in [0.15, 0.2) is 5.96 Å². The van der Waals surface area contributed by atoms with Crippen molar-refractivity contribution >= 4 is 5.96 Å². The van der Waals surface area contributed by atoms with Gasteiger partial charge in [0.05, 0.1) is 6.54 Å². The van der Waals surface area contributed by atoms with E-state index in [0.717, 1.165) is 18.3 Å². The number of guanidine groups is 1. The number of nitrogens with zero attached hydrogens (tertiary/aromatic N) is 1. The van der Waals surface area contributed by atoms with Gasteiger partial charge in [-0.2, -0.15) is 0 Å². The average Bonchev–Trinajstić information content (AvgIpc) is 3.23. The van der Waals surface area contributed by atoms with Crippen LogP contribution in [-0.4, -0.2) is 31.2 Å². The van der Waals surface area contributed by atoms with Crippen LogP contribution in [0.1, 0.15) is 32.3 Å². The van der Waals surface area contributed by atoms with E-state index in [0.29, 0.717) is 12.6 Å². The van der Waals surface area contributed by atoms with E-state index < -0.39 is 0 Å². The number of ether oxygens (including phenoxy) is 1. The zero-order valence-corrected chi connectivity index (χ0v) is 12.6. The number of nitrogens with one attached hydrogen (secondary N) is 2. The molecule has 0 bridgehead atoms. The highest BCUT2D eigenvalue weighted by atomic mass is 16.5. The number of hydrogen-bond acceptors (Lipinski definition) is 2. The molecule has 2 N–H and O–H groups in total. The summed E-state index contributed by atoms with van der Waals surface area (Å²) in [4.78, 5) is 4.58. The van der Waals surface area contributed by atoms with Gasteiger partial charge in [-0.1, -0.05) is 17.7 Å². The summed E-state index contributed by atoms with van der Waals surface area (Å²) in [5, 5.41) is 6.67. The van der Waals surface area contributed by atoms with Gasteiger partial charge in [0.25, 0.3) is 0 Å². The third-order valence-electron chi connectivity index (χ3n) is 3.13. The minimum atomic E-state index is 0.0624. The molecule has 1 fully saturated rings. The van der Waals surface area contributed by atoms with Gasteiger partial charge in [0.2, 0.25) is 0 Å². The Hall–Kier alpha value is -1.71. The Balaban J connectivity index is 1.82. The lowest BCUT2D eigenvalue weighted by Crippen LogP contribution is -2.39. The van der Waals surface area contributed by atoms with Gasteiger partial charge < -0.3 is 15.4 Å². The molecule has 0 amide bonds. The van der Waals surface area contributed by atoms with Gasteiger partial charge in [-0.3, -0.25) is 0 Å². The first-order chi connectivity index (χ1) is 9.67. The summed E-state index contributed by atoms with van der Waals surface area (Å²) in [7, 11) is 0. The van der Waals surface area contributed by atoms with Crippen molar-refractivity contribution in [2.45, 2.75) is 45.8 Å². The molecule has 1 aliphatic rings. The lowest BCUT2D eigenvalue weighted by molar-refractivity contribution is 0.230. The molecule has 2 rings (SSSR count). The SMILES string of the molecule is CCNC(=NCC(C)Oc1ccc(C)cc1)NC1CC1. The van der Waals surface area contributed by atoms with Crippen LogP contribution >= 0.6 is 0 Å². The number of aliphatic imine (C=N–C) groups is 1. The van der Waals surface area contributed by atoms with Crippen molar-refractivity contribution in [1.82, 2.24) is 10.6 Å². The minimum Gasteiger partial charge on any atom is -0.489 e. The first-order valence-electron chi connectivity index (χ1n) is 7.45. The first-order valence-corrected chi connectivity index (χ1v) is 7.45. The summed E-state index contributed by atoms with van der Waals surface area (Å²) < 4.78 is 5.86. The van der Waals surface area contributed by atoms with Crippen molar-refractivity contribution in [3.63, 3.8) is 0 Å². The molecule has 1 aromatic rings. The van der Waals surface area contributed by atoms with Crippen LogP contribution < -0.4 is 15.4 Å². The fraction of sp³-hybridized carbons (Fsp3) is 0.562. The van der Waals surface area contributed by atoms with Crippen LogP contribution in [0.4, 0.5) is 0 Å². The molecular weight excluding hydrogens is 250 g/mol. The van der Waals surface area contributed by atoms with E-state index in [1.165, 1.54) is 18.4 Å². The van der Waals surface area contributed by atoms with Gasteiger partial charge >= 0.3 is 0 Å². The predicted octanol–water partition coefficient (Wildman–Crippen LogP) is 2.48. The maximum absolute atomic E-state index is 5.86. The van der Waals surface area contributed by atoms with Crippen LogP contribution in [0.3, 0.4) is 0 Å². The highest BCUT2D eigenvalue weighted by molar-refractivity contribution is 5.80. The van der Waals surface area contributed by atoms with E-state index >= 15 is 0 Å². The van der Waals surface area contributed by atoms with Gasteiger partial charge in [-0.05, 0) is 45.7 Å². The molecule has 0 spiro atoms. The van der Waals surface area contributed by atoms with Crippen LogP contribution in [-0.2, 0) is 0 Å². The van der Waals surface area contributed by atoms with Gasteiger partial charge in [-0.15, -0.1) is 0 Å². The average molecular weight is 275 g/mol. The zero-order valence-electron chi connectivity index (χ0n) is 12.6. The van der Waals surface area contributed by atoms with E-state index in [-0.39, 0.29) is 6.10 Å². The molecular formula is C16H25N3O. The quantitative estimate of drug-likeness (QED) is 0.619. The van der Waals surface area contributed by atoms with Gasteiger partial charge in [0, 0.05) is 12.6 Å². The number of benzene rings is 1. The largest absolute Gasteiger partial charge is 0.489 e. The fourth-order valence-corrected chi connectivity index (χ4v) is 1.85. The Bertz CT molecular complexity index is 438. The highest BCUT2D eigenvalue weighted by Crippen LogP contribution is 2.18. The Kier molecular flexibility index (Phi) is 5.27. The molecule has 0 heterocycles. The Morgan fingerprint density at radius 3 is 2.65 bits per heavy atom. The Labute approximate surface area is 121 Å². The molecule has 1 saturated carbocycles. The molecule has 20 heavy (non-hydrogen) atoms. The lowest BCUT2D eigenvalue weighted by atomic mass is 10.2. The molecule has 1 unspecified atom stereocenters. The number of rotatable bonds is 6. The van der Waals surface area contributed by atoms with Crippen molar-refractivity contribution in [2.75, 3.05) is 13.1 Å². The van der Waals surface area contributed by atoms with Crippen LogP contribution in [0.2, 0.25) is 0 Å². The summed E-state index contributed by atoms with van der Waals surface area (Å²) in [6, 6.07) is 8.74. The van der Waals surface area contributed by atoms with Gasteiger partial charge in [0.1, 0.15) is 11.9 Å². The zero-order chi connectivity index (χ0) is 14.4. The summed E-state index contributed by atoms with van der Waals surface area (Å²) in [5.74, 6) is 1.80. The van der Waals surface area contributed by atoms with Crippen molar-refractivity contribution in [2.24, 2.45) is 4.99 Å². The van der Waals surface area contributed by atoms with E-state index in [1.807, 2.05) is 19.1 Å². The maximum atomic E-state index is 5.86. The van der Waals surface area contributed by atoms with E-state index in [4.69, 9.17) is 4.74 Å².